The Kier molecular flexibility index (Phi) is 5.62. The van der Waals surface area contributed by atoms with Crippen LogP contribution >= 0.6 is 11.3 Å². The van der Waals surface area contributed by atoms with E-state index in [9.17, 15) is 9.59 Å². The number of carbonyl (C=O) groups excluding carboxylic acids is 2. The fraction of sp³-hybridized carbons (Fsp3) is 0.115. The first-order valence-electron chi connectivity index (χ1n) is 10.7. The van der Waals surface area contributed by atoms with Crippen molar-refractivity contribution in [2.24, 2.45) is 0 Å². The lowest BCUT2D eigenvalue weighted by molar-refractivity contribution is -0.116. The molecule has 0 saturated heterocycles. The van der Waals surface area contributed by atoms with Crippen LogP contribution in [0.3, 0.4) is 0 Å². The SMILES string of the molecule is CC(=O)N1CCc2cc(NC(=O)/C=C/c3cn(-c4ccccc4)nc3-c3cccs3)ccc21. The maximum atomic E-state index is 12.6. The Labute approximate surface area is 195 Å². The molecule has 0 radical (unpaired) electrons. The summed E-state index contributed by atoms with van der Waals surface area (Å²) in [5, 5.41) is 9.69. The Morgan fingerprint density at radius 2 is 1.94 bits per heavy atom. The van der Waals surface area contributed by atoms with Crippen molar-refractivity contribution in [1.82, 2.24) is 9.78 Å². The molecule has 2 amide bonds. The van der Waals surface area contributed by atoms with Crippen LogP contribution in [0.15, 0.2) is 78.3 Å². The zero-order valence-corrected chi connectivity index (χ0v) is 18.9. The van der Waals surface area contributed by atoms with Crippen LogP contribution in [0.2, 0.25) is 0 Å². The van der Waals surface area contributed by atoms with Gasteiger partial charge in [0.2, 0.25) is 11.8 Å². The maximum Gasteiger partial charge on any atom is 0.248 e. The molecule has 0 bridgehead atoms. The summed E-state index contributed by atoms with van der Waals surface area (Å²) in [5.41, 5.74) is 5.35. The molecular weight excluding hydrogens is 432 g/mol. The van der Waals surface area contributed by atoms with E-state index in [4.69, 9.17) is 5.10 Å². The monoisotopic (exact) mass is 454 g/mol. The highest BCUT2D eigenvalue weighted by molar-refractivity contribution is 7.13. The Hall–Kier alpha value is -3.97. The summed E-state index contributed by atoms with van der Waals surface area (Å²) in [7, 11) is 0. The van der Waals surface area contributed by atoms with Crippen LogP contribution in [0.4, 0.5) is 11.4 Å². The van der Waals surface area contributed by atoms with Crippen molar-refractivity contribution in [3.63, 3.8) is 0 Å². The van der Waals surface area contributed by atoms with Crippen LogP contribution in [0.1, 0.15) is 18.1 Å². The normalized spacial score (nSPS) is 12.8. The highest BCUT2D eigenvalue weighted by atomic mass is 32.1. The number of hydrogen-bond donors (Lipinski definition) is 1. The average molecular weight is 455 g/mol. The van der Waals surface area contributed by atoms with E-state index in [0.29, 0.717) is 12.2 Å². The van der Waals surface area contributed by atoms with E-state index in [-0.39, 0.29) is 11.8 Å². The van der Waals surface area contributed by atoms with Gasteiger partial charge in [0.25, 0.3) is 0 Å². The summed E-state index contributed by atoms with van der Waals surface area (Å²) >= 11 is 1.61. The van der Waals surface area contributed by atoms with Crippen molar-refractivity contribution in [3.05, 3.63) is 89.4 Å². The molecule has 0 atom stereocenters. The molecule has 1 aliphatic rings. The Morgan fingerprint density at radius 1 is 1.09 bits per heavy atom. The van der Waals surface area contributed by atoms with Crippen LogP contribution in [0, 0.1) is 0 Å². The van der Waals surface area contributed by atoms with Crippen molar-refractivity contribution < 1.29 is 9.59 Å². The second-order valence-electron chi connectivity index (χ2n) is 7.78. The van der Waals surface area contributed by atoms with Crippen LogP contribution in [-0.2, 0) is 16.0 Å². The molecule has 1 N–H and O–H groups in total. The summed E-state index contributed by atoms with van der Waals surface area (Å²) in [5.74, 6) is -0.188. The van der Waals surface area contributed by atoms with Gasteiger partial charge in [-0.05, 0) is 59.8 Å². The van der Waals surface area contributed by atoms with Gasteiger partial charge in [0.05, 0.1) is 10.6 Å². The number of nitrogens with zero attached hydrogens (tertiary/aromatic N) is 3. The minimum Gasteiger partial charge on any atom is -0.323 e. The number of thiophene rings is 1. The molecule has 0 aliphatic carbocycles. The third kappa shape index (κ3) is 4.36. The molecule has 0 saturated carbocycles. The van der Waals surface area contributed by atoms with Crippen molar-refractivity contribution in [1.29, 1.82) is 0 Å². The minimum atomic E-state index is -0.221. The van der Waals surface area contributed by atoms with Crippen molar-refractivity contribution in [3.8, 4) is 16.3 Å². The molecule has 6 nitrogen and oxygen atoms in total. The number of carbonyl (C=O) groups is 2. The summed E-state index contributed by atoms with van der Waals surface area (Å²) in [6.07, 6.45) is 6.04. The molecule has 164 valence electrons. The number of rotatable bonds is 5. The standard InChI is InChI=1S/C26H22N4O2S/c1-18(31)29-14-13-19-16-21(10-11-23(19)29)27-25(32)12-9-20-17-30(22-6-3-2-4-7-22)28-26(20)24-8-5-15-33-24/h2-12,15-17H,13-14H2,1H3,(H,27,32)/b12-9+. The molecule has 3 heterocycles. The predicted molar refractivity (Wildman–Crippen MR) is 133 cm³/mol. The average Bonchev–Trinajstić information content (AvgIpc) is 3.57. The summed E-state index contributed by atoms with van der Waals surface area (Å²) in [6.45, 7) is 2.25. The Bertz CT molecular complexity index is 1340. The molecule has 0 spiro atoms. The van der Waals surface area contributed by atoms with Crippen molar-refractivity contribution >= 4 is 40.6 Å². The predicted octanol–water partition coefficient (Wildman–Crippen LogP) is 5.16. The topological polar surface area (TPSA) is 67.2 Å². The molecule has 5 rings (SSSR count). The number of para-hydroxylation sites is 1. The maximum absolute atomic E-state index is 12.6. The van der Waals surface area contributed by atoms with Crippen LogP contribution in [0.5, 0.6) is 0 Å². The van der Waals surface area contributed by atoms with E-state index in [1.165, 1.54) is 6.08 Å². The third-order valence-electron chi connectivity index (χ3n) is 5.55. The van der Waals surface area contributed by atoms with E-state index >= 15 is 0 Å². The van der Waals surface area contributed by atoms with E-state index in [1.54, 1.807) is 29.2 Å². The Morgan fingerprint density at radius 3 is 2.70 bits per heavy atom. The van der Waals surface area contributed by atoms with Gasteiger partial charge in [0, 0.05) is 42.7 Å². The zero-order valence-electron chi connectivity index (χ0n) is 18.1. The van der Waals surface area contributed by atoms with Gasteiger partial charge in [-0.15, -0.1) is 11.3 Å². The van der Waals surface area contributed by atoms with Gasteiger partial charge >= 0.3 is 0 Å². The van der Waals surface area contributed by atoms with Crippen LogP contribution in [0.25, 0.3) is 22.3 Å². The third-order valence-corrected chi connectivity index (χ3v) is 6.43. The highest BCUT2D eigenvalue weighted by Gasteiger charge is 2.22. The second-order valence-corrected chi connectivity index (χ2v) is 8.72. The minimum absolute atomic E-state index is 0.0334. The fourth-order valence-corrected chi connectivity index (χ4v) is 4.71. The zero-order chi connectivity index (χ0) is 22.8. The number of hydrogen-bond acceptors (Lipinski definition) is 4. The number of aromatic nitrogens is 2. The first kappa shape index (κ1) is 20.9. The number of anilines is 2. The second kappa shape index (κ2) is 8.88. The van der Waals surface area contributed by atoms with Crippen molar-refractivity contribution in [2.45, 2.75) is 13.3 Å². The van der Waals surface area contributed by atoms with Crippen LogP contribution in [-0.4, -0.2) is 28.1 Å². The van der Waals surface area contributed by atoms with Gasteiger partial charge in [-0.1, -0.05) is 24.3 Å². The quantitative estimate of drug-likeness (QED) is 0.424. The largest absolute Gasteiger partial charge is 0.323 e. The van der Waals surface area contributed by atoms with Gasteiger partial charge in [-0.2, -0.15) is 5.10 Å². The van der Waals surface area contributed by atoms with Gasteiger partial charge < -0.3 is 10.2 Å². The molecule has 0 unspecified atom stereocenters. The smallest absolute Gasteiger partial charge is 0.248 e. The van der Waals surface area contributed by atoms with Gasteiger partial charge in [-0.3, -0.25) is 9.59 Å². The molecule has 0 fully saturated rings. The van der Waals surface area contributed by atoms with Gasteiger partial charge in [-0.25, -0.2) is 4.68 Å². The first-order chi connectivity index (χ1) is 16.1. The Balaban J connectivity index is 1.36. The van der Waals surface area contributed by atoms with E-state index < -0.39 is 0 Å². The van der Waals surface area contributed by atoms with Gasteiger partial charge in [0.15, 0.2) is 0 Å². The molecular formula is C26H22N4O2S. The van der Waals surface area contributed by atoms with Gasteiger partial charge in [0.1, 0.15) is 5.69 Å². The molecule has 33 heavy (non-hydrogen) atoms. The summed E-state index contributed by atoms with van der Waals surface area (Å²) in [6, 6.07) is 19.6. The van der Waals surface area contributed by atoms with E-state index in [2.05, 4.69) is 5.32 Å². The lowest BCUT2D eigenvalue weighted by Gasteiger charge is -2.14. The molecule has 2 aromatic carbocycles. The van der Waals surface area contributed by atoms with E-state index in [0.717, 1.165) is 39.5 Å². The molecule has 1 aliphatic heterocycles. The lowest BCUT2D eigenvalue weighted by Crippen LogP contribution is -2.25. The number of nitrogens with one attached hydrogen (secondary N) is 1. The van der Waals surface area contributed by atoms with E-state index in [1.807, 2.05) is 76.9 Å². The lowest BCUT2D eigenvalue weighted by atomic mass is 10.1. The first-order valence-corrected chi connectivity index (χ1v) is 11.6. The highest BCUT2D eigenvalue weighted by Crippen LogP contribution is 2.31. The van der Waals surface area contributed by atoms with Crippen molar-refractivity contribution in [2.75, 3.05) is 16.8 Å². The number of benzene rings is 2. The molecule has 7 heteroatoms. The van der Waals surface area contributed by atoms with Crippen LogP contribution < -0.4 is 10.2 Å². The molecule has 4 aromatic rings. The molecule has 2 aromatic heterocycles. The summed E-state index contributed by atoms with van der Waals surface area (Å²) in [4.78, 5) is 27.2. The fourth-order valence-electron chi connectivity index (χ4n) is 3.98. The summed E-state index contributed by atoms with van der Waals surface area (Å²) < 4.78 is 1.83. The number of amides is 2. The number of fused-ring (bicyclic) bond motifs is 1.